The molecule has 0 unspecified atom stereocenters. The molecule has 0 radical (unpaired) electrons. The number of halogens is 3. The Balaban J connectivity index is 2.25. The quantitative estimate of drug-likeness (QED) is 0.557. The second-order valence-corrected chi connectivity index (χ2v) is 6.95. The molecule has 1 aromatic carbocycles. The SMILES string of the molecule is CC1(n2c(CCCl)nc3cc(I)c(F)cc32)CCC1. The number of hydrogen-bond donors (Lipinski definition) is 0. The Hall–Kier alpha value is -0.360. The first-order chi connectivity index (χ1) is 9.05. The normalized spacial score (nSPS) is 17.7. The lowest BCUT2D eigenvalue weighted by atomic mass is 9.78. The largest absolute Gasteiger partial charge is 0.322 e. The molecule has 0 atom stereocenters. The maximum absolute atomic E-state index is 13.9. The average Bonchev–Trinajstić information content (AvgIpc) is 2.65. The van der Waals surface area contributed by atoms with Crippen molar-refractivity contribution in [2.45, 2.75) is 38.1 Å². The lowest BCUT2D eigenvalue weighted by Crippen LogP contribution is -2.38. The third kappa shape index (κ3) is 2.17. The predicted molar refractivity (Wildman–Crippen MR) is 84.3 cm³/mol. The van der Waals surface area contributed by atoms with Crippen LogP contribution in [-0.2, 0) is 12.0 Å². The molecular weight excluding hydrogens is 378 g/mol. The summed E-state index contributed by atoms with van der Waals surface area (Å²) in [4.78, 5) is 4.66. The van der Waals surface area contributed by atoms with Crippen LogP contribution >= 0.6 is 34.2 Å². The van der Waals surface area contributed by atoms with Gasteiger partial charge in [0.1, 0.15) is 11.6 Å². The molecule has 1 heterocycles. The van der Waals surface area contributed by atoms with Crippen molar-refractivity contribution in [2.24, 2.45) is 0 Å². The zero-order chi connectivity index (χ0) is 13.6. The van der Waals surface area contributed by atoms with Crippen LogP contribution in [0.5, 0.6) is 0 Å². The van der Waals surface area contributed by atoms with E-state index in [4.69, 9.17) is 11.6 Å². The van der Waals surface area contributed by atoms with Crippen molar-refractivity contribution in [1.82, 2.24) is 9.55 Å². The van der Waals surface area contributed by atoms with Gasteiger partial charge in [0, 0.05) is 23.9 Å². The Morgan fingerprint density at radius 3 is 2.79 bits per heavy atom. The molecule has 2 aromatic rings. The van der Waals surface area contributed by atoms with Gasteiger partial charge in [-0.05, 0) is 54.8 Å². The molecule has 0 aliphatic heterocycles. The van der Waals surface area contributed by atoms with Gasteiger partial charge in [-0.15, -0.1) is 11.6 Å². The molecule has 1 aliphatic carbocycles. The molecular formula is C14H15ClFIN2. The van der Waals surface area contributed by atoms with Gasteiger partial charge in [0.2, 0.25) is 0 Å². The highest BCUT2D eigenvalue weighted by atomic mass is 127. The molecule has 1 saturated carbocycles. The topological polar surface area (TPSA) is 17.8 Å². The van der Waals surface area contributed by atoms with Gasteiger partial charge in [-0.2, -0.15) is 0 Å². The minimum absolute atomic E-state index is 0.0787. The average molecular weight is 393 g/mol. The summed E-state index contributed by atoms with van der Waals surface area (Å²) in [6, 6.07) is 3.44. The first-order valence-corrected chi connectivity index (χ1v) is 8.09. The van der Waals surface area contributed by atoms with Gasteiger partial charge in [-0.25, -0.2) is 9.37 Å². The summed E-state index contributed by atoms with van der Waals surface area (Å²) < 4.78 is 16.7. The summed E-state index contributed by atoms with van der Waals surface area (Å²) in [5.41, 5.74) is 1.86. The van der Waals surface area contributed by atoms with Gasteiger partial charge in [0.05, 0.1) is 14.6 Å². The van der Waals surface area contributed by atoms with Gasteiger partial charge in [-0.1, -0.05) is 0 Å². The predicted octanol–water partition coefficient (Wildman–Crippen LogP) is 4.46. The zero-order valence-electron chi connectivity index (χ0n) is 10.7. The minimum atomic E-state index is -0.172. The third-order valence-corrected chi connectivity index (χ3v) is 5.07. The van der Waals surface area contributed by atoms with Crippen LogP contribution in [0.25, 0.3) is 11.0 Å². The van der Waals surface area contributed by atoms with Crippen molar-refractivity contribution in [1.29, 1.82) is 0 Å². The number of fused-ring (bicyclic) bond motifs is 1. The fourth-order valence-electron chi connectivity index (χ4n) is 2.89. The summed E-state index contributed by atoms with van der Waals surface area (Å²) >= 11 is 7.89. The van der Waals surface area contributed by atoms with Crippen LogP contribution in [-0.4, -0.2) is 15.4 Å². The van der Waals surface area contributed by atoms with Crippen LogP contribution < -0.4 is 0 Å². The molecule has 2 nitrogen and oxygen atoms in total. The third-order valence-electron chi connectivity index (χ3n) is 4.05. The van der Waals surface area contributed by atoms with Gasteiger partial charge in [0.15, 0.2) is 0 Å². The van der Waals surface area contributed by atoms with Gasteiger partial charge in [0.25, 0.3) is 0 Å². The summed E-state index contributed by atoms with van der Waals surface area (Å²) in [5, 5.41) is 0. The maximum Gasteiger partial charge on any atom is 0.138 e. The van der Waals surface area contributed by atoms with E-state index >= 15 is 0 Å². The van der Waals surface area contributed by atoms with E-state index in [0.29, 0.717) is 9.45 Å². The summed E-state index contributed by atoms with van der Waals surface area (Å²) in [7, 11) is 0. The number of rotatable bonds is 3. The Labute approximate surface area is 130 Å². The van der Waals surface area contributed by atoms with Crippen molar-refractivity contribution in [3.63, 3.8) is 0 Å². The van der Waals surface area contributed by atoms with Gasteiger partial charge >= 0.3 is 0 Å². The summed E-state index contributed by atoms with van der Waals surface area (Å²) in [6.45, 7) is 2.23. The van der Waals surface area contributed by atoms with Crippen LogP contribution in [0.2, 0.25) is 0 Å². The zero-order valence-corrected chi connectivity index (χ0v) is 13.6. The number of alkyl halides is 1. The fourth-order valence-corrected chi connectivity index (χ4v) is 3.51. The number of aromatic nitrogens is 2. The second-order valence-electron chi connectivity index (χ2n) is 5.41. The van der Waals surface area contributed by atoms with Crippen molar-refractivity contribution in [3.8, 4) is 0 Å². The van der Waals surface area contributed by atoms with E-state index in [2.05, 4.69) is 16.5 Å². The lowest BCUT2D eigenvalue weighted by molar-refractivity contribution is 0.170. The van der Waals surface area contributed by atoms with E-state index in [1.54, 1.807) is 6.07 Å². The molecule has 3 rings (SSSR count). The number of imidazole rings is 1. The standard InChI is InChI=1S/C14H15ClFIN2/c1-14(4-2-5-14)19-12-7-9(16)10(17)8-11(12)18-13(19)3-6-15/h7-8H,2-6H2,1H3. The molecule has 1 fully saturated rings. The van der Waals surface area contributed by atoms with Gasteiger partial charge < -0.3 is 4.57 Å². The molecule has 0 spiro atoms. The number of hydrogen-bond acceptors (Lipinski definition) is 1. The summed E-state index contributed by atoms with van der Waals surface area (Å²) in [6.07, 6.45) is 4.20. The van der Waals surface area contributed by atoms with E-state index in [1.807, 2.05) is 28.7 Å². The Bertz CT molecular complexity index is 634. The van der Waals surface area contributed by atoms with Crippen LogP contribution in [0, 0.1) is 9.39 Å². The number of benzene rings is 1. The number of aryl methyl sites for hydroxylation is 1. The lowest BCUT2D eigenvalue weighted by Gasteiger charge is -2.41. The smallest absolute Gasteiger partial charge is 0.138 e. The highest BCUT2D eigenvalue weighted by Crippen LogP contribution is 2.42. The Kier molecular flexibility index (Phi) is 3.50. The van der Waals surface area contributed by atoms with E-state index < -0.39 is 0 Å². The van der Waals surface area contributed by atoms with E-state index in [-0.39, 0.29) is 11.4 Å². The second kappa shape index (κ2) is 4.88. The Morgan fingerprint density at radius 1 is 1.47 bits per heavy atom. The molecule has 0 saturated heterocycles. The van der Waals surface area contributed by atoms with Crippen molar-refractivity contribution < 1.29 is 4.39 Å². The van der Waals surface area contributed by atoms with Crippen LogP contribution in [0.1, 0.15) is 32.0 Å². The van der Waals surface area contributed by atoms with E-state index in [0.717, 1.165) is 36.1 Å². The maximum atomic E-state index is 13.9. The highest BCUT2D eigenvalue weighted by molar-refractivity contribution is 14.1. The molecule has 102 valence electrons. The van der Waals surface area contributed by atoms with E-state index in [1.165, 1.54) is 6.42 Å². The molecule has 0 bridgehead atoms. The molecule has 19 heavy (non-hydrogen) atoms. The van der Waals surface area contributed by atoms with Crippen molar-refractivity contribution >= 4 is 45.2 Å². The first kappa shape index (κ1) is 13.6. The molecule has 0 amide bonds. The highest BCUT2D eigenvalue weighted by Gasteiger charge is 2.36. The van der Waals surface area contributed by atoms with Crippen LogP contribution in [0.3, 0.4) is 0 Å². The fraction of sp³-hybridized carbons (Fsp3) is 0.500. The first-order valence-electron chi connectivity index (χ1n) is 6.48. The van der Waals surface area contributed by atoms with Gasteiger partial charge in [-0.3, -0.25) is 0 Å². The minimum Gasteiger partial charge on any atom is -0.322 e. The van der Waals surface area contributed by atoms with E-state index in [9.17, 15) is 4.39 Å². The molecule has 1 aliphatic rings. The summed E-state index contributed by atoms with van der Waals surface area (Å²) in [5.74, 6) is 1.35. The van der Waals surface area contributed by atoms with Crippen LogP contribution in [0.4, 0.5) is 4.39 Å². The van der Waals surface area contributed by atoms with Crippen LogP contribution in [0.15, 0.2) is 12.1 Å². The van der Waals surface area contributed by atoms with Crippen molar-refractivity contribution in [3.05, 3.63) is 27.3 Å². The Morgan fingerprint density at radius 2 is 2.21 bits per heavy atom. The molecule has 0 N–H and O–H groups in total. The molecule has 5 heteroatoms. The van der Waals surface area contributed by atoms with Crippen molar-refractivity contribution in [2.75, 3.05) is 5.88 Å². The molecule has 1 aromatic heterocycles. The number of nitrogens with zero attached hydrogens (tertiary/aromatic N) is 2. The monoisotopic (exact) mass is 392 g/mol.